The lowest BCUT2D eigenvalue weighted by Gasteiger charge is -2.01. The fraction of sp³-hybridized carbons (Fsp3) is 0.375. The summed E-state index contributed by atoms with van der Waals surface area (Å²) >= 11 is 0. The number of nitrogens with zero attached hydrogens (tertiary/aromatic N) is 1. The molecule has 0 N–H and O–H groups in total. The summed E-state index contributed by atoms with van der Waals surface area (Å²) in [4.78, 5) is 3.87. The van der Waals surface area contributed by atoms with E-state index >= 15 is 0 Å². The highest BCUT2D eigenvalue weighted by Gasteiger charge is 1.99. The molecule has 0 amide bonds. The topological polar surface area (TPSA) is 22.1 Å². The maximum Gasteiger partial charge on any atom is 0.216 e. The van der Waals surface area contributed by atoms with Crippen LogP contribution in [0.4, 0.5) is 4.39 Å². The third-order valence-electron chi connectivity index (χ3n) is 1.30. The highest BCUT2D eigenvalue weighted by Crippen LogP contribution is 2.11. The minimum atomic E-state index is -0.275. The van der Waals surface area contributed by atoms with Crippen molar-refractivity contribution in [2.75, 3.05) is 6.61 Å². The van der Waals surface area contributed by atoms with E-state index in [2.05, 4.69) is 4.98 Å². The number of ether oxygens (including phenoxy) is 1. The van der Waals surface area contributed by atoms with E-state index in [4.69, 9.17) is 4.74 Å². The Bertz CT molecular complexity index is 250. The van der Waals surface area contributed by atoms with Gasteiger partial charge in [0.05, 0.1) is 6.61 Å². The van der Waals surface area contributed by atoms with Gasteiger partial charge in [-0.15, -0.1) is 0 Å². The Kier molecular flexibility index (Phi) is 2.41. The van der Waals surface area contributed by atoms with E-state index in [0.717, 1.165) is 0 Å². The lowest BCUT2D eigenvalue weighted by Crippen LogP contribution is -1.95. The summed E-state index contributed by atoms with van der Waals surface area (Å²) in [6.07, 6.45) is 1.46. The van der Waals surface area contributed by atoms with Crippen molar-refractivity contribution in [2.24, 2.45) is 0 Å². The number of hydrogen-bond donors (Lipinski definition) is 0. The molecule has 60 valence electrons. The molecule has 1 heterocycles. The van der Waals surface area contributed by atoms with Crippen LogP contribution in [0.5, 0.6) is 5.88 Å². The molecule has 0 saturated carbocycles. The largest absolute Gasteiger partial charge is 0.478 e. The summed E-state index contributed by atoms with van der Waals surface area (Å²) in [5, 5.41) is 0. The Morgan fingerprint density at radius 2 is 2.36 bits per heavy atom. The summed E-state index contributed by atoms with van der Waals surface area (Å²) in [7, 11) is 0. The molecule has 0 atom stereocenters. The Morgan fingerprint density at radius 1 is 1.64 bits per heavy atom. The van der Waals surface area contributed by atoms with Gasteiger partial charge in [-0.3, -0.25) is 0 Å². The second-order valence-corrected chi connectivity index (χ2v) is 2.20. The molecule has 3 heteroatoms. The van der Waals surface area contributed by atoms with Gasteiger partial charge in [0.25, 0.3) is 0 Å². The van der Waals surface area contributed by atoms with Gasteiger partial charge in [0.1, 0.15) is 5.82 Å². The van der Waals surface area contributed by atoms with Gasteiger partial charge in [-0.25, -0.2) is 9.37 Å². The predicted octanol–water partition coefficient (Wildman–Crippen LogP) is 1.93. The number of hydrogen-bond acceptors (Lipinski definition) is 2. The van der Waals surface area contributed by atoms with Crippen LogP contribution in [-0.2, 0) is 0 Å². The van der Waals surface area contributed by atoms with Crippen molar-refractivity contribution < 1.29 is 9.13 Å². The Hall–Kier alpha value is -1.12. The highest BCUT2D eigenvalue weighted by molar-refractivity contribution is 5.18. The number of halogens is 1. The Morgan fingerprint density at radius 3 is 2.91 bits per heavy atom. The van der Waals surface area contributed by atoms with Gasteiger partial charge in [0.2, 0.25) is 5.88 Å². The van der Waals surface area contributed by atoms with E-state index in [1.54, 1.807) is 6.92 Å². The van der Waals surface area contributed by atoms with Crippen molar-refractivity contribution in [3.05, 3.63) is 23.6 Å². The average Bonchev–Trinajstić information content (AvgIpc) is 1.98. The average molecular weight is 155 g/mol. The highest BCUT2D eigenvalue weighted by atomic mass is 19.1. The summed E-state index contributed by atoms with van der Waals surface area (Å²) in [6, 6.07) is 1.29. The normalized spacial score (nSPS) is 9.73. The molecule has 2 nitrogen and oxygen atoms in total. The lowest BCUT2D eigenvalue weighted by molar-refractivity contribution is 0.324. The predicted molar refractivity (Wildman–Crippen MR) is 40.1 cm³/mol. The number of pyridine rings is 1. The van der Waals surface area contributed by atoms with Crippen LogP contribution in [0.25, 0.3) is 0 Å². The van der Waals surface area contributed by atoms with Crippen LogP contribution in [0, 0.1) is 12.7 Å². The molecule has 0 aliphatic rings. The molecule has 0 aromatic carbocycles. The number of aromatic nitrogens is 1. The van der Waals surface area contributed by atoms with E-state index in [1.165, 1.54) is 12.3 Å². The van der Waals surface area contributed by atoms with Gasteiger partial charge in [0, 0.05) is 17.8 Å². The Balaban J connectivity index is 2.86. The summed E-state index contributed by atoms with van der Waals surface area (Å²) in [5.41, 5.74) is 0.536. The monoisotopic (exact) mass is 155 g/mol. The fourth-order valence-electron chi connectivity index (χ4n) is 0.708. The molecule has 1 aromatic heterocycles. The van der Waals surface area contributed by atoms with Gasteiger partial charge >= 0.3 is 0 Å². The third-order valence-corrected chi connectivity index (χ3v) is 1.30. The van der Waals surface area contributed by atoms with E-state index < -0.39 is 0 Å². The van der Waals surface area contributed by atoms with E-state index in [0.29, 0.717) is 18.1 Å². The number of rotatable bonds is 2. The maximum absolute atomic E-state index is 12.8. The molecule has 0 saturated heterocycles. The van der Waals surface area contributed by atoms with Crippen LogP contribution >= 0.6 is 0 Å². The summed E-state index contributed by atoms with van der Waals surface area (Å²) in [6.45, 7) is 4.01. The van der Waals surface area contributed by atoms with Crippen molar-refractivity contribution in [1.29, 1.82) is 0 Å². The second kappa shape index (κ2) is 3.32. The quantitative estimate of drug-likeness (QED) is 0.651. The first kappa shape index (κ1) is 7.98. The third kappa shape index (κ3) is 1.90. The molecule has 0 bridgehead atoms. The van der Waals surface area contributed by atoms with Gasteiger partial charge in [-0.1, -0.05) is 0 Å². The number of aryl methyl sites for hydroxylation is 1. The SMILES string of the molecule is CCOc1cc(F)c(C)cn1. The van der Waals surface area contributed by atoms with Crippen molar-refractivity contribution in [2.45, 2.75) is 13.8 Å². The van der Waals surface area contributed by atoms with Crippen LogP contribution in [0.1, 0.15) is 12.5 Å². The molecule has 11 heavy (non-hydrogen) atoms. The van der Waals surface area contributed by atoms with E-state index in [9.17, 15) is 4.39 Å². The minimum Gasteiger partial charge on any atom is -0.478 e. The zero-order valence-electron chi connectivity index (χ0n) is 6.60. The molecule has 1 aromatic rings. The molecular weight excluding hydrogens is 145 g/mol. The molecular formula is C8H10FNO. The molecule has 0 aliphatic heterocycles. The van der Waals surface area contributed by atoms with Crippen LogP contribution in [0.2, 0.25) is 0 Å². The molecule has 1 rings (SSSR count). The first-order valence-electron chi connectivity index (χ1n) is 3.49. The first-order valence-corrected chi connectivity index (χ1v) is 3.49. The first-order chi connectivity index (χ1) is 5.24. The molecule has 0 unspecified atom stereocenters. The lowest BCUT2D eigenvalue weighted by atomic mass is 10.3. The van der Waals surface area contributed by atoms with Crippen LogP contribution in [0.15, 0.2) is 12.3 Å². The van der Waals surface area contributed by atoms with Crippen molar-refractivity contribution >= 4 is 0 Å². The van der Waals surface area contributed by atoms with Gasteiger partial charge in [0.15, 0.2) is 0 Å². The van der Waals surface area contributed by atoms with Gasteiger partial charge in [-0.2, -0.15) is 0 Å². The van der Waals surface area contributed by atoms with Crippen molar-refractivity contribution in [1.82, 2.24) is 4.98 Å². The van der Waals surface area contributed by atoms with Gasteiger partial charge < -0.3 is 4.74 Å². The van der Waals surface area contributed by atoms with E-state index in [1.807, 2.05) is 6.92 Å². The summed E-state index contributed by atoms with van der Waals surface area (Å²) < 4.78 is 17.8. The van der Waals surface area contributed by atoms with Crippen LogP contribution in [0.3, 0.4) is 0 Å². The van der Waals surface area contributed by atoms with Crippen molar-refractivity contribution in [3.8, 4) is 5.88 Å². The minimum absolute atomic E-state index is 0.275. The van der Waals surface area contributed by atoms with Crippen LogP contribution in [-0.4, -0.2) is 11.6 Å². The maximum atomic E-state index is 12.8. The van der Waals surface area contributed by atoms with E-state index in [-0.39, 0.29) is 5.82 Å². The van der Waals surface area contributed by atoms with Crippen molar-refractivity contribution in [3.63, 3.8) is 0 Å². The van der Waals surface area contributed by atoms with Gasteiger partial charge in [-0.05, 0) is 13.8 Å². The zero-order chi connectivity index (χ0) is 8.27. The second-order valence-electron chi connectivity index (χ2n) is 2.20. The standard InChI is InChI=1S/C8H10FNO/c1-3-11-8-4-7(9)6(2)5-10-8/h4-5H,3H2,1-2H3. The molecule has 0 spiro atoms. The molecule has 0 fully saturated rings. The summed E-state index contributed by atoms with van der Waals surface area (Å²) in [5.74, 6) is 0.0686. The zero-order valence-corrected chi connectivity index (χ0v) is 6.60. The molecule has 0 radical (unpaired) electrons. The van der Waals surface area contributed by atoms with Crippen LogP contribution < -0.4 is 4.74 Å². The Labute approximate surface area is 65.0 Å². The molecule has 0 aliphatic carbocycles. The smallest absolute Gasteiger partial charge is 0.216 e. The fourth-order valence-corrected chi connectivity index (χ4v) is 0.708.